The first-order valence-electron chi connectivity index (χ1n) is 9.39. The average Bonchev–Trinajstić information content (AvgIpc) is 3.18. The SMILES string of the molecule is C[C@@H](Nc1ncnc2ccc(-c3c[nH]c4ncccc34)cc12)c1ccccc1F. The number of nitrogens with one attached hydrogen (secondary N) is 2. The molecule has 1 atom stereocenters. The molecule has 0 amide bonds. The second-order valence-corrected chi connectivity index (χ2v) is 6.94. The zero-order valence-corrected chi connectivity index (χ0v) is 15.7. The molecular weight excluding hydrogens is 365 g/mol. The summed E-state index contributed by atoms with van der Waals surface area (Å²) >= 11 is 0. The summed E-state index contributed by atoms with van der Waals surface area (Å²) in [5.41, 5.74) is 4.36. The van der Waals surface area contributed by atoms with E-state index in [-0.39, 0.29) is 11.9 Å². The summed E-state index contributed by atoms with van der Waals surface area (Å²) in [7, 11) is 0. The summed E-state index contributed by atoms with van der Waals surface area (Å²) in [4.78, 5) is 16.4. The Balaban J connectivity index is 1.58. The Labute approximate surface area is 166 Å². The van der Waals surface area contributed by atoms with Gasteiger partial charge in [-0.05, 0) is 42.8 Å². The molecule has 0 saturated carbocycles. The van der Waals surface area contributed by atoms with Gasteiger partial charge in [-0.3, -0.25) is 0 Å². The summed E-state index contributed by atoms with van der Waals surface area (Å²) in [6.07, 6.45) is 5.24. The molecule has 0 fully saturated rings. The highest BCUT2D eigenvalue weighted by Crippen LogP contribution is 2.32. The summed E-state index contributed by atoms with van der Waals surface area (Å²) in [5.74, 6) is 0.434. The Kier molecular flexibility index (Phi) is 4.17. The predicted molar refractivity (Wildman–Crippen MR) is 113 cm³/mol. The van der Waals surface area contributed by atoms with Crippen molar-refractivity contribution in [2.75, 3.05) is 5.32 Å². The third kappa shape index (κ3) is 3.08. The van der Waals surface area contributed by atoms with Gasteiger partial charge in [-0.1, -0.05) is 24.3 Å². The van der Waals surface area contributed by atoms with E-state index in [1.54, 1.807) is 18.3 Å². The number of anilines is 1. The van der Waals surface area contributed by atoms with Crippen molar-refractivity contribution in [1.29, 1.82) is 0 Å². The Morgan fingerprint density at radius 3 is 2.76 bits per heavy atom. The van der Waals surface area contributed by atoms with E-state index in [9.17, 15) is 4.39 Å². The normalized spacial score (nSPS) is 12.3. The minimum absolute atomic E-state index is 0.238. The predicted octanol–water partition coefficient (Wildman–Crippen LogP) is 5.49. The number of halogens is 1. The van der Waals surface area contributed by atoms with Crippen LogP contribution in [-0.2, 0) is 0 Å². The Bertz CT molecular complexity index is 1330. The Hall–Kier alpha value is -3.80. The molecular formula is C23H18FN5. The molecule has 5 nitrogen and oxygen atoms in total. The van der Waals surface area contributed by atoms with Gasteiger partial charge in [-0.15, -0.1) is 0 Å². The Morgan fingerprint density at radius 2 is 1.86 bits per heavy atom. The van der Waals surface area contributed by atoms with Gasteiger partial charge in [0.15, 0.2) is 0 Å². The van der Waals surface area contributed by atoms with Crippen LogP contribution in [0.25, 0.3) is 33.1 Å². The summed E-state index contributed by atoms with van der Waals surface area (Å²) < 4.78 is 14.2. The van der Waals surface area contributed by atoms with Gasteiger partial charge < -0.3 is 10.3 Å². The van der Waals surface area contributed by atoms with Crippen LogP contribution in [-0.4, -0.2) is 19.9 Å². The lowest BCUT2D eigenvalue weighted by molar-refractivity contribution is 0.600. The molecule has 5 aromatic rings. The van der Waals surface area contributed by atoms with Crippen LogP contribution >= 0.6 is 0 Å². The second kappa shape index (κ2) is 6.98. The van der Waals surface area contributed by atoms with Crippen molar-refractivity contribution in [2.45, 2.75) is 13.0 Å². The van der Waals surface area contributed by atoms with Crippen LogP contribution in [0.3, 0.4) is 0 Å². The Morgan fingerprint density at radius 1 is 0.966 bits per heavy atom. The van der Waals surface area contributed by atoms with Crippen LogP contribution in [0, 0.1) is 5.82 Å². The van der Waals surface area contributed by atoms with Crippen LogP contribution < -0.4 is 5.32 Å². The highest BCUT2D eigenvalue weighted by molar-refractivity contribution is 5.98. The van der Waals surface area contributed by atoms with Crippen LogP contribution in [0.15, 0.2) is 73.3 Å². The van der Waals surface area contributed by atoms with Gasteiger partial charge in [0.25, 0.3) is 0 Å². The first-order valence-corrected chi connectivity index (χ1v) is 9.39. The number of nitrogens with zero attached hydrogens (tertiary/aromatic N) is 3. The zero-order valence-electron chi connectivity index (χ0n) is 15.7. The summed E-state index contributed by atoms with van der Waals surface area (Å²) in [6.45, 7) is 1.92. The molecule has 5 rings (SSSR count). The van der Waals surface area contributed by atoms with Crippen molar-refractivity contribution in [3.8, 4) is 11.1 Å². The quantitative estimate of drug-likeness (QED) is 0.431. The average molecular weight is 383 g/mol. The first-order chi connectivity index (χ1) is 14.2. The maximum Gasteiger partial charge on any atom is 0.137 e. The molecule has 0 aliphatic heterocycles. The maximum absolute atomic E-state index is 14.2. The molecule has 2 aromatic carbocycles. The maximum atomic E-state index is 14.2. The molecule has 0 unspecified atom stereocenters. The number of hydrogen-bond donors (Lipinski definition) is 2. The highest BCUT2D eigenvalue weighted by atomic mass is 19.1. The summed E-state index contributed by atoms with van der Waals surface area (Å²) in [6, 6.07) is 16.6. The van der Waals surface area contributed by atoms with Gasteiger partial charge in [0.2, 0.25) is 0 Å². The fourth-order valence-corrected chi connectivity index (χ4v) is 3.64. The van der Waals surface area contributed by atoms with Gasteiger partial charge >= 0.3 is 0 Å². The molecule has 0 aliphatic carbocycles. The smallest absolute Gasteiger partial charge is 0.137 e. The van der Waals surface area contributed by atoms with Crippen molar-refractivity contribution >= 4 is 27.8 Å². The fraction of sp³-hybridized carbons (Fsp3) is 0.0870. The number of rotatable bonds is 4. The van der Waals surface area contributed by atoms with Crippen LogP contribution in [0.4, 0.5) is 10.2 Å². The lowest BCUT2D eigenvalue weighted by Gasteiger charge is -2.17. The number of fused-ring (bicyclic) bond motifs is 2. The van der Waals surface area contributed by atoms with Gasteiger partial charge in [0, 0.05) is 34.3 Å². The van der Waals surface area contributed by atoms with E-state index < -0.39 is 0 Å². The minimum Gasteiger partial charge on any atom is -0.363 e. The van der Waals surface area contributed by atoms with E-state index in [0.717, 1.165) is 33.1 Å². The van der Waals surface area contributed by atoms with Crippen LogP contribution in [0.5, 0.6) is 0 Å². The number of aromatic nitrogens is 4. The fourth-order valence-electron chi connectivity index (χ4n) is 3.64. The van der Waals surface area contributed by atoms with E-state index in [2.05, 4.69) is 31.3 Å². The molecule has 3 heterocycles. The molecule has 0 aliphatic rings. The third-order valence-electron chi connectivity index (χ3n) is 5.12. The second-order valence-electron chi connectivity index (χ2n) is 6.94. The lowest BCUT2D eigenvalue weighted by atomic mass is 10.0. The molecule has 29 heavy (non-hydrogen) atoms. The third-order valence-corrected chi connectivity index (χ3v) is 5.12. The molecule has 2 N–H and O–H groups in total. The molecule has 3 aromatic heterocycles. The van der Waals surface area contributed by atoms with E-state index >= 15 is 0 Å². The monoisotopic (exact) mass is 383 g/mol. The number of hydrogen-bond acceptors (Lipinski definition) is 4. The van der Waals surface area contributed by atoms with Crippen LogP contribution in [0.2, 0.25) is 0 Å². The van der Waals surface area contributed by atoms with Crippen molar-refractivity contribution in [3.63, 3.8) is 0 Å². The van der Waals surface area contributed by atoms with Crippen molar-refractivity contribution < 1.29 is 4.39 Å². The number of aromatic amines is 1. The van der Waals surface area contributed by atoms with E-state index in [1.165, 1.54) is 12.4 Å². The van der Waals surface area contributed by atoms with Crippen molar-refractivity contribution in [3.05, 3.63) is 84.7 Å². The molecule has 0 spiro atoms. The van der Waals surface area contributed by atoms with Gasteiger partial charge in [0.1, 0.15) is 23.6 Å². The first kappa shape index (κ1) is 17.3. The molecule has 0 radical (unpaired) electrons. The standard InChI is InChI=1S/C23H18FN5/c1-14(16-5-2-3-7-20(16)24)29-23-18-11-15(8-9-21(18)27-13-28-23)19-12-26-22-17(19)6-4-10-25-22/h2-14H,1H3,(H,25,26)(H,27,28,29)/t14-/m1/s1. The van der Waals surface area contributed by atoms with Crippen molar-refractivity contribution in [2.24, 2.45) is 0 Å². The molecule has 0 bridgehead atoms. The van der Waals surface area contributed by atoms with E-state index in [0.29, 0.717) is 11.4 Å². The van der Waals surface area contributed by atoms with E-state index in [1.807, 2.05) is 43.5 Å². The molecule has 142 valence electrons. The van der Waals surface area contributed by atoms with E-state index in [4.69, 9.17) is 0 Å². The number of pyridine rings is 1. The van der Waals surface area contributed by atoms with Crippen LogP contribution in [0.1, 0.15) is 18.5 Å². The highest BCUT2D eigenvalue weighted by Gasteiger charge is 2.14. The number of H-pyrrole nitrogens is 1. The summed E-state index contributed by atoms with van der Waals surface area (Å²) in [5, 5.41) is 5.28. The van der Waals surface area contributed by atoms with Crippen molar-refractivity contribution in [1.82, 2.24) is 19.9 Å². The molecule has 0 saturated heterocycles. The van der Waals surface area contributed by atoms with Gasteiger partial charge in [-0.2, -0.15) is 0 Å². The lowest BCUT2D eigenvalue weighted by Crippen LogP contribution is -2.10. The molecule has 6 heteroatoms. The minimum atomic E-state index is -0.241. The largest absolute Gasteiger partial charge is 0.363 e. The topological polar surface area (TPSA) is 66.5 Å². The zero-order chi connectivity index (χ0) is 19.8. The van der Waals surface area contributed by atoms with Gasteiger partial charge in [-0.25, -0.2) is 19.3 Å². The van der Waals surface area contributed by atoms with Gasteiger partial charge in [0.05, 0.1) is 11.6 Å². The number of benzene rings is 2.